The normalized spacial score (nSPS) is 12.7. The molecule has 5 rings (SSSR count). The molecule has 0 fully saturated rings. The Bertz CT molecular complexity index is 837. The highest BCUT2D eigenvalue weighted by Crippen LogP contribution is 2.35. The van der Waals surface area contributed by atoms with Gasteiger partial charge in [0.1, 0.15) is 0 Å². The molecule has 0 saturated carbocycles. The molecule has 0 amide bonds. The summed E-state index contributed by atoms with van der Waals surface area (Å²) in [6.07, 6.45) is 0.627. The van der Waals surface area contributed by atoms with E-state index in [1.807, 2.05) is 18.2 Å². The average molecular weight is 235 g/mol. The summed E-state index contributed by atoms with van der Waals surface area (Å²) < 4.78 is 0. The molecule has 3 heteroatoms. The second-order valence-corrected chi connectivity index (χ2v) is 4.61. The van der Waals surface area contributed by atoms with Gasteiger partial charge in [0.25, 0.3) is 0 Å². The Morgan fingerprint density at radius 2 is 2.00 bits per heavy atom. The first kappa shape index (κ1) is 9.59. The van der Waals surface area contributed by atoms with Crippen molar-refractivity contribution >= 4 is 27.6 Å². The molecule has 0 radical (unpaired) electrons. The Kier molecular flexibility index (Phi) is 1.64. The monoisotopic (exact) mass is 235 g/mol. The maximum atomic E-state index is 11.1. The third-order valence-electron chi connectivity index (χ3n) is 3.61. The molecular weight excluding hydrogens is 226 g/mol. The lowest BCUT2D eigenvalue weighted by Crippen LogP contribution is -2.11. The van der Waals surface area contributed by atoms with Crippen molar-refractivity contribution in [2.45, 2.75) is 6.42 Å². The van der Waals surface area contributed by atoms with Crippen LogP contribution in [0, 0.1) is 0 Å². The highest BCUT2D eigenvalue weighted by Gasteiger charge is 2.22. The lowest BCUT2D eigenvalue weighted by atomic mass is 9.89. The zero-order valence-corrected chi connectivity index (χ0v) is 9.47. The number of fused-ring (bicyclic) bond motifs is 2. The average Bonchev–Trinajstić information content (AvgIpc) is 2.38. The number of hydrogen-bond donors (Lipinski definition) is 1. The van der Waals surface area contributed by atoms with Crippen molar-refractivity contribution in [3.05, 3.63) is 53.2 Å². The van der Waals surface area contributed by atoms with E-state index in [-0.39, 0.29) is 0 Å². The molecule has 2 heterocycles. The molecule has 0 atom stereocenters. The zero-order chi connectivity index (χ0) is 12.3. The number of pyridine rings is 1. The van der Waals surface area contributed by atoms with Crippen LogP contribution in [0.1, 0.15) is 21.6 Å². The fraction of sp³-hybridized carbons (Fsp3) is 0.0667. The van der Waals surface area contributed by atoms with Gasteiger partial charge >= 0.3 is 5.97 Å². The maximum Gasteiger partial charge on any atom is 0.337 e. The number of carboxylic acids is 1. The number of carboxylic acid groups (broad SMARTS) is 1. The molecular formula is C15H9NO2. The van der Waals surface area contributed by atoms with E-state index in [0.717, 1.165) is 10.9 Å². The van der Waals surface area contributed by atoms with Crippen LogP contribution in [-0.4, -0.2) is 16.1 Å². The molecule has 2 aromatic carbocycles. The molecule has 3 nitrogen and oxygen atoms in total. The number of benzene rings is 2. The quantitative estimate of drug-likeness (QED) is 0.516. The first-order valence-corrected chi connectivity index (χ1v) is 5.81. The smallest absolute Gasteiger partial charge is 0.337 e. The maximum absolute atomic E-state index is 11.1. The standard InChI is InChI=1S/C15H9NO2/c17-15(18)12-6-11-10-7-14(12)16-13(11)5-8-3-1-2-4-9(8)10/h1-6H,7H2,(H,17,18). The van der Waals surface area contributed by atoms with E-state index in [9.17, 15) is 4.79 Å². The van der Waals surface area contributed by atoms with Gasteiger partial charge in [0, 0.05) is 11.8 Å². The molecule has 1 aliphatic carbocycles. The van der Waals surface area contributed by atoms with Gasteiger partial charge < -0.3 is 5.11 Å². The zero-order valence-electron chi connectivity index (χ0n) is 9.47. The first-order valence-electron chi connectivity index (χ1n) is 5.81. The first-order chi connectivity index (χ1) is 8.74. The molecule has 1 aromatic heterocycles. The minimum absolute atomic E-state index is 0.338. The van der Waals surface area contributed by atoms with Gasteiger partial charge in [-0.25, -0.2) is 4.79 Å². The summed E-state index contributed by atoms with van der Waals surface area (Å²) in [7, 11) is 0. The predicted molar refractivity (Wildman–Crippen MR) is 69.0 cm³/mol. The Morgan fingerprint density at radius 1 is 1.17 bits per heavy atom. The summed E-state index contributed by atoms with van der Waals surface area (Å²) in [6, 6.07) is 12.0. The van der Waals surface area contributed by atoms with Crippen LogP contribution in [0.2, 0.25) is 0 Å². The predicted octanol–water partition coefficient (Wildman–Crippen LogP) is 2.99. The van der Waals surface area contributed by atoms with Crippen molar-refractivity contribution in [3.63, 3.8) is 0 Å². The summed E-state index contributed by atoms with van der Waals surface area (Å²) >= 11 is 0. The largest absolute Gasteiger partial charge is 0.478 e. The second kappa shape index (κ2) is 3.07. The van der Waals surface area contributed by atoms with Crippen molar-refractivity contribution in [2.75, 3.05) is 0 Å². The number of aromatic nitrogens is 1. The van der Waals surface area contributed by atoms with Crippen LogP contribution in [0.4, 0.5) is 0 Å². The van der Waals surface area contributed by atoms with E-state index in [4.69, 9.17) is 5.11 Å². The fourth-order valence-electron chi connectivity index (χ4n) is 2.79. The van der Waals surface area contributed by atoms with E-state index >= 15 is 0 Å². The number of hydrogen-bond acceptors (Lipinski definition) is 2. The topological polar surface area (TPSA) is 50.2 Å². The van der Waals surface area contributed by atoms with E-state index in [2.05, 4.69) is 17.1 Å². The molecule has 2 aliphatic rings. The van der Waals surface area contributed by atoms with Crippen LogP contribution in [0.15, 0.2) is 36.4 Å². The third-order valence-corrected chi connectivity index (χ3v) is 3.61. The molecule has 0 unspecified atom stereocenters. The van der Waals surface area contributed by atoms with Crippen LogP contribution in [0.25, 0.3) is 21.7 Å². The van der Waals surface area contributed by atoms with Gasteiger partial charge in [-0.3, -0.25) is 4.98 Å². The summed E-state index contributed by atoms with van der Waals surface area (Å²) in [5, 5.41) is 12.5. The summed E-state index contributed by atoms with van der Waals surface area (Å²) in [5.74, 6) is -0.891. The number of nitrogens with zero attached hydrogens (tertiary/aromatic N) is 1. The Labute approximate surface area is 103 Å². The van der Waals surface area contributed by atoms with Crippen LogP contribution in [-0.2, 0) is 6.42 Å². The summed E-state index contributed by atoms with van der Waals surface area (Å²) in [6.45, 7) is 0. The van der Waals surface area contributed by atoms with Gasteiger partial charge in [-0.2, -0.15) is 0 Å². The number of aromatic carboxylic acids is 1. The molecule has 1 N–H and O–H groups in total. The molecule has 4 bridgehead atoms. The number of carbonyl (C=O) groups is 1. The Balaban J connectivity index is 2.21. The van der Waals surface area contributed by atoms with Gasteiger partial charge in [0.15, 0.2) is 0 Å². The molecule has 0 spiro atoms. The summed E-state index contributed by atoms with van der Waals surface area (Å²) in [4.78, 5) is 15.6. The van der Waals surface area contributed by atoms with Crippen LogP contribution in [0.5, 0.6) is 0 Å². The van der Waals surface area contributed by atoms with Crippen LogP contribution >= 0.6 is 0 Å². The minimum Gasteiger partial charge on any atom is -0.478 e. The molecule has 0 saturated heterocycles. The highest BCUT2D eigenvalue weighted by molar-refractivity contribution is 6.05. The lowest BCUT2D eigenvalue weighted by molar-refractivity contribution is 0.0695. The van der Waals surface area contributed by atoms with Gasteiger partial charge in [-0.15, -0.1) is 0 Å². The lowest BCUT2D eigenvalue weighted by Gasteiger charge is -2.19. The van der Waals surface area contributed by atoms with Gasteiger partial charge in [-0.05, 0) is 28.5 Å². The number of rotatable bonds is 1. The van der Waals surface area contributed by atoms with Crippen molar-refractivity contribution in [2.24, 2.45) is 0 Å². The van der Waals surface area contributed by atoms with Crippen molar-refractivity contribution < 1.29 is 9.90 Å². The SMILES string of the molecule is O=C(O)c1cc2c3c4ccccc4cc2nc1C3. The molecule has 3 aromatic rings. The van der Waals surface area contributed by atoms with E-state index in [0.29, 0.717) is 17.7 Å². The van der Waals surface area contributed by atoms with E-state index < -0.39 is 5.97 Å². The highest BCUT2D eigenvalue weighted by atomic mass is 16.4. The van der Waals surface area contributed by atoms with Crippen LogP contribution in [0.3, 0.4) is 0 Å². The molecule has 18 heavy (non-hydrogen) atoms. The van der Waals surface area contributed by atoms with Gasteiger partial charge in [0.2, 0.25) is 0 Å². The molecule has 1 aliphatic heterocycles. The Morgan fingerprint density at radius 3 is 2.78 bits per heavy atom. The van der Waals surface area contributed by atoms with Crippen LogP contribution < -0.4 is 0 Å². The Hall–Kier alpha value is -2.42. The van der Waals surface area contributed by atoms with E-state index in [1.54, 1.807) is 6.07 Å². The van der Waals surface area contributed by atoms with E-state index in [1.165, 1.54) is 16.3 Å². The van der Waals surface area contributed by atoms with Gasteiger partial charge in [0.05, 0.1) is 16.8 Å². The summed E-state index contributed by atoms with van der Waals surface area (Å²) in [5.41, 5.74) is 3.12. The van der Waals surface area contributed by atoms with Gasteiger partial charge in [-0.1, -0.05) is 24.3 Å². The second-order valence-electron chi connectivity index (χ2n) is 4.61. The van der Waals surface area contributed by atoms with Crippen molar-refractivity contribution in [3.8, 4) is 0 Å². The minimum atomic E-state index is -0.891. The third kappa shape index (κ3) is 1.08. The van der Waals surface area contributed by atoms with Crippen molar-refractivity contribution in [1.82, 2.24) is 4.98 Å². The van der Waals surface area contributed by atoms with Crippen molar-refractivity contribution in [1.29, 1.82) is 0 Å². The fourth-order valence-corrected chi connectivity index (χ4v) is 2.79. The molecule has 86 valence electrons.